The number of benzene rings is 2. The average molecular weight is 372 g/mol. The van der Waals surface area contributed by atoms with Crippen molar-refractivity contribution in [2.24, 2.45) is 5.10 Å². The van der Waals surface area contributed by atoms with Crippen molar-refractivity contribution in [3.8, 4) is 0 Å². The van der Waals surface area contributed by atoms with Crippen LogP contribution in [0.2, 0.25) is 0 Å². The first-order valence-corrected chi connectivity index (χ1v) is 8.86. The fourth-order valence-corrected chi connectivity index (χ4v) is 3.64. The van der Waals surface area contributed by atoms with Gasteiger partial charge in [-0.2, -0.15) is 5.10 Å². The number of amides is 1. The number of carbonyl (C=O) groups excluding carboxylic acids is 1. The number of halogens is 2. The molecule has 132 valence electrons. The normalized spacial score (nSPS) is 18.6. The summed E-state index contributed by atoms with van der Waals surface area (Å²) >= 11 is 1.40. The molecule has 0 bridgehead atoms. The molecule has 0 radical (unpaired) electrons. The Morgan fingerprint density at radius 2 is 1.85 bits per heavy atom. The first-order chi connectivity index (χ1) is 12.6. The third-order valence-electron chi connectivity index (χ3n) is 3.97. The van der Waals surface area contributed by atoms with Gasteiger partial charge in [0.1, 0.15) is 11.6 Å². The number of hydrogen-bond acceptors (Lipinski definition) is 5. The second kappa shape index (κ2) is 6.80. The van der Waals surface area contributed by atoms with Gasteiger partial charge >= 0.3 is 0 Å². The van der Waals surface area contributed by atoms with Crippen LogP contribution in [0.25, 0.3) is 0 Å². The summed E-state index contributed by atoms with van der Waals surface area (Å²) in [5.74, 6) is -0.431. The quantitative estimate of drug-likeness (QED) is 0.899. The molecule has 2 aromatic carbocycles. The minimum Gasteiger partial charge on any atom is -0.294 e. The lowest BCUT2D eigenvalue weighted by Crippen LogP contribution is -2.52. The van der Waals surface area contributed by atoms with E-state index in [0.717, 1.165) is 5.56 Å². The average Bonchev–Trinajstić information content (AvgIpc) is 3.04. The van der Waals surface area contributed by atoms with Crippen molar-refractivity contribution in [3.05, 3.63) is 78.1 Å². The Labute approximate surface area is 153 Å². The summed E-state index contributed by atoms with van der Waals surface area (Å²) in [7, 11) is 0. The number of nitrogens with zero attached hydrogens (tertiary/aromatic N) is 3. The zero-order chi connectivity index (χ0) is 18.1. The molecule has 0 saturated carbocycles. The largest absolute Gasteiger partial charge is 0.294 e. The number of anilines is 1. The van der Waals surface area contributed by atoms with Crippen LogP contribution in [0.4, 0.5) is 14.5 Å². The van der Waals surface area contributed by atoms with Crippen LogP contribution in [0.1, 0.15) is 5.56 Å². The van der Waals surface area contributed by atoms with Crippen LogP contribution in [-0.2, 0) is 10.5 Å². The van der Waals surface area contributed by atoms with Crippen molar-refractivity contribution in [1.29, 1.82) is 0 Å². The van der Waals surface area contributed by atoms with E-state index in [1.807, 2.05) is 6.07 Å². The first-order valence-electron chi connectivity index (χ1n) is 7.87. The van der Waals surface area contributed by atoms with Crippen LogP contribution in [0.5, 0.6) is 0 Å². The Morgan fingerprint density at radius 3 is 2.62 bits per heavy atom. The van der Waals surface area contributed by atoms with E-state index in [1.54, 1.807) is 35.5 Å². The summed E-state index contributed by atoms with van der Waals surface area (Å²) in [6.07, 6.45) is 2.62. The number of hydrazone groups is 1. The Kier molecular flexibility index (Phi) is 4.34. The van der Waals surface area contributed by atoms with Crippen LogP contribution in [0, 0.1) is 11.6 Å². The van der Waals surface area contributed by atoms with Gasteiger partial charge < -0.3 is 0 Å². The predicted molar refractivity (Wildman–Crippen MR) is 96.9 cm³/mol. The SMILES string of the molecule is O=C1C2NN=C(SCc3cccc(F)c3)N2C=CN1c1cccc(F)c1. The van der Waals surface area contributed by atoms with Crippen molar-refractivity contribution in [2.45, 2.75) is 11.9 Å². The van der Waals surface area contributed by atoms with E-state index in [1.165, 1.54) is 40.9 Å². The highest BCUT2D eigenvalue weighted by atomic mass is 32.2. The van der Waals surface area contributed by atoms with Gasteiger partial charge in [-0.25, -0.2) is 8.78 Å². The van der Waals surface area contributed by atoms with E-state index >= 15 is 0 Å². The number of thioether (sulfide) groups is 1. The smallest absolute Gasteiger partial charge is 0.276 e. The Bertz CT molecular complexity index is 918. The monoisotopic (exact) mass is 372 g/mol. The van der Waals surface area contributed by atoms with E-state index in [-0.39, 0.29) is 11.7 Å². The van der Waals surface area contributed by atoms with Gasteiger partial charge in [-0.15, -0.1) is 0 Å². The second-order valence-electron chi connectivity index (χ2n) is 5.74. The molecule has 0 saturated heterocycles. The lowest BCUT2D eigenvalue weighted by Gasteiger charge is -2.31. The lowest BCUT2D eigenvalue weighted by atomic mass is 10.2. The highest BCUT2D eigenvalue weighted by molar-refractivity contribution is 8.13. The Balaban J connectivity index is 1.48. The first kappa shape index (κ1) is 16.6. The molecule has 0 aromatic heterocycles. The maximum atomic E-state index is 13.4. The fourth-order valence-electron chi connectivity index (χ4n) is 2.74. The van der Waals surface area contributed by atoms with E-state index in [9.17, 15) is 13.6 Å². The van der Waals surface area contributed by atoms with Gasteiger partial charge in [-0.1, -0.05) is 30.0 Å². The Morgan fingerprint density at radius 1 is 1.08 bits per heavy atom. The summed E-state index contributed by atoms with van der Waals surface area (Å²) in [5, 5.41) is 4.82. The molecule has 2 aliphatic rings. The molecule has 0 fully saturated rings. The second-order valence-corrected chi connectivity index (χ2v) is 6.68. The highest BCUT2D eigenvalue weighted by Gasteiger charge is 2.38. The van der Waals surface area contributed by atoms with Crippen molar-refractivity contribution in [3.63, 3.8) is 0 Å². The van der Waals surface area contributed by atoms with Crippen LogP contribution in [0.3, 0.4) is 0 Å². The molecule has 2 heterocycles. The molecule has 5 nitrogen and oxygen atoms in total. The standard InChI is InChI=1S/C18H14F2N4OS/c19-13-4-1-3-12(9-13)11-26-18-22-21-16-17(25)23(7-8-24(16)18)15-6-2-5-14(20)10-15/h1-10,16,21H,11H2. The topological polar surface area (TPSA) is 47.9 Å². The van der Waals surface area contributed by atoms with Gasteiger partial charge in [0.05, 0.1) is 5.69 Å². The highest BCUT2D eigenvalue weighted by Crippen LogP contribution is 2.27. The summed E-state index contributed by atoms with van der Waals surface area (Å²) in [6.45, 7) is 0. The van der Waals surface area contributed by atoms with Gasteiger partial charge in [-0.05, 0) is 35.9 Å². The predicted octanol–water partition coefficient (Wildman–Crippen LogP) is 3.22. The van der Waals surface area contributed by atoms with E-state index < -0.39 is 12.0 Å². The van der Waals surface area contributed by atoms with Crippen molar-refractivity contribution < 1.29 is 13.6 Å². The molecule has 4 rings (SSSR count). The molecule has 26 heavy (non-hydrogen) atoms. The van der Waals surface area contributed by atoms with E-state index in [0.29, 0.717) is 16.6 Å². The number of nitrogens with one attached hydrogen (secondary N) is 1. The molecule has 0 spiro atoms. The van der Waals surface area contributed by atoms with Crippen molar-refractivity contribution >= 4 is 28.5 Å². The summed E-state index contributed by atoms with van der Waals surface area (Å²) in [6, 6.07) is 12.2. The number of rotatable bonds is 3. The number of carbonyl (C=O) groups is 1. The molecule has 1 atom stereocenters. The zero-order valence-corrected chi connectivity index (χ0v) is 14.3. The molecule has 1 amide bonds. The van der Waals surface area contributed by atoms with Crippen LogP contribution in [-0.4, -0.2) is 22.1 Å². The summed E-state index contributed by atoms with van der Waals surface area (Å²) in [5.41, 5.74) is 4.08. The van der Waals surface area contributed by atoms with Gasteiger partial charge in [0.2, 0.25) is 6.17 Å². The van der Waals surface area contributed by atoms with E-state index in [4.69, 9.17) is 0 Å². The molecule has 1 unspecified atom stereocenters. The summed E-state index contributed by atoms with van der Waals surface area (Å²) in [4.78, 5) is 15.8. The van der Waals surface area contributed by atoms with Crippen LogP contribution in [0.15, 0.2) is 66.0 Å². The molecule has 8 heteroatoms. The Hall–Kier alpha value is -2.87. The number of amidine groups is 1. The van der Waals surface area contributed by atoms with Crippen LogP contribution < -0.4 is 10.3 Å². The van der Waals surface area contributed by atoms with Crippen LogP contribution >= 0.6 is 11.8 Å². The maximum Gasteiger partial charge on any atom is 0.276 e. The molecular weight excluding hydrogens is 358 g/mol. The maximum absolute atomic E-state index is 13.4. The zero-order valence-electron chi connectivity index (χ0n) is 13.5. The third-order valence-corrected chi connectivity index (χ3v) is 5.01. The summed E-state index contributed by atoms with van der Waals surface area (Å²) < 4.78 is 26.7. The minimum atomic E-state index is -0.682. The molecule has 0 aliphatic carbocycles. The van der Waals surface area contributed by atoms with Gasteiger partial charge in [0, 0.05) is 18.2 Å². The fraction of sp³-hybridized carbons (Fsp3) is 0.111. The molecule has 2 aromatic rings. The van der Waals surface area contributed by atoms with Gasteiger partial charge in [-0.3, -0.25) is 20.0 Å². The lowest BCUT2D eigenvalue weighted by molar-refractivity contribution is -0.122. The van der Waals surface area contributed by atoms with Crippen molar-refractivity contribution in [2.75, 3.05) is 4.90 Å². The number of hydrogen-bond donors (Lipinski definition) is 1. The third kappa shape index (κ3) is 3.15. The number of fused-ring (bicyclic) bond motifs is 1. The van der Waals surface area contributed by atoms with Gasteiger partial charge in [0.15, 0.2) is 5.17 Å². The van der Waals surface area contributed by atoms with Crippen molar-refractivity contribution in [1.82, 2.24) is 10.3 Å². The van der Waals surface area contributed by atoms with Gasteiger partial charge in [0.25, 0.3) is 5.91 Å². The van der Waals surface area contributed by atoms with E-state index in [2.05, 4.69) is 10.5 Å². The molecule has 2 aliphatic heterocycles. The molecular formula is C18H14F2N4OS. The molecule has 1 N–H and O–H groups in total. The minimum absolute atomic E-state index is 0.261.